The van der Waals surface area contributed by atoms with Crippen LogP contribution in [-0.4, -0.2) is 18.1 Å². The fourth-order valence-corrected chi connectivity index (χ4v) is 2.90. The molecular weight excluding hydrogens is 226 g/mol. The second-order valence-electron chi connectivity index (χ2n) is 5.17. The molecule has 17 heavy (non-hydrogen) atoms. The van der Waals surface area contributed by atoms with Crippen LogP contribution in [0.3, 0.4) is 0 Å². The van der Waals surface area contributed by atoms with Gasteiger partial charge in [0.25, 0.3) is 0 Å². The van der Waals surface area contributed by atoms with Crippen molar-refractivity contribution >= 4 is 11.8 Å². The summed E-state index contributed by atoms with van der Waals surface area (Å²) in [4.78, 5) is 0. The molecule has 0 aliphatic heterocycles. The topological polar surface area (TPSA) is 26.0 Å². The summed E-state index contributed by atoms with van der Waals surface area (Å²) >= 11 is 2.09. The van der Waals surface area contributed by atoms with Crippen molar-refractivity contribution < 1.29 is 0 Å². The molecule has 0 aliphatic carbocycles. The van der Waals surface area contributed by atoms with Crippen LogP contribution in [-0.2, 0) is 0 Å². The van der Waals surface area contributed by atoms with E-state index in [1.165, 1.54) is 69.3 Å². The second kappa shape index (κ2) is 14.4. The molecule has 0 unspecified atom stereocenters. The molecule has 0 aromatic heterocycles. The summed E-state index contributed by atoms with van der Waals surface area (Å²) in [6.45, 7) is 5.52. The Morgan fingerprint density at radius 3 is 1.94 bits per heavy atom. The molecule has 0 fully saturated rings. The Bertz CT molecular complexity index is 139. The highest BCUT2D eigenvalue weighted by Crippen LogP contribution is 2.16. The number of hydrogen-bond donors (Lipinski definition) is 1. The monoisotopic (exact) mass is 259 g/mol. The smallest absolute Gasteiger partial charge is 0.00419 e. The maximum absolute atomic E-state index is 5.47. The summed E-state index contributed by atoms with van der Waals surface area (Å²) in [6.07, 6.45) is 12.5. The SMILES string of the molecule is CCSC[C@@H](C)CCCCCCCCCCN. The highest BCUT2D eigenvalue weighted by atomic mass is 32.2. The van der Waals surface area contributed by atoms with Gasteiger partial charge in [-0.2, -0.15) is 11.8 Å². The number of unbranched alkanes of at least 4 members (excludes halogenated alkanes) is 7. The molecule has 0 spiro atoms. The first-order chi connectivity index (χ1) is 8.31. The van der Waals surface area contributed by atoms with E-state index in [-0.39, 0.29) is 0 Å². The molecular formula is C15H33NS. The predicted molar refractivity (Wildman–Crippen MR) is 82.8 cm³/mol. The van der Waals surface area contributed by atoms with Crippen molar-refractivity contribution in [3.05, 3.63) is 0 Å². The molecule has 1 atom stereocenters. The van der Waals surface area contributed by atoms with Crippen LogP contribution >= 0.6 is 11.8 Å². The van der Waals surface area contributed by atoms with Gasteiger partial charge in [-0.05, 0) is 36.8 Å². The Morgan fingerprint density at radius 1 is 0.882 bits per heavy atom. The lowest BCUT2D eigenvalue weighted by molar-refractivity contribution is 0.512. The molecule has 0 amide bonds. The fraction of sp³-hybridized carbons (Fsp3) is 1.00. The van der Waals surface area contributed by atoms with Crippen molar-refractivity contribution in [2.75, 3.05) is 18.1 Å². The minimum absolute atomic E-state index is 0.869. The minimum atomic E-state index is 0.869. The third kappa shape index (κ3) is 14.2. The molecule has 0 radical (unpaired) electrons. The van der Waals surface area contributed by atoms with Gasteiger partial charge in [0.1, 0.15) is 0 Å². The maximum atomic E-state index is 5.47. The Labute approximate surface area is 113 Å². The first-order valence-electron chi connectivity index (χ1n) is 7.59. The van der Waals surface area contributed by atoms with Crippen LogP contribution in [0.5, 0.6) is 0 Å². The van der Waals surface area contributed by atoms with Crippen LogP contribution in [0, 0.1) is 5.92 Å². The summed E-state index contributed by atoms with van der Waals surface area (Å²) in [5.74, 6) is 3.55. The molecule has 0 aromatic rings. The summed E-state index contributed by atoms with van der Waals surface area (Å²) in [7, 11) is 0. The zero-order valence-corrected chi connectivity index (χ0v) is 12.9. The van der Waals surface area contributed by atoms with Crippen LogP contribution in [0.2, 0.25) is 0 Å². The predicted octanol–water partition coefficient (Wildman–Crippen LogP) is 4.85. The van der Waals surface area contributed by atoms with Crippen molar-refractivity contribution in [1.82, 2.24) is 0 Å². The minimum Gasteiger partial charge on any atom is -0.330 e. The van der Waals surface area contributed by atoms with E-state index >= 15 is 0 Å². The zero-order chi connectivity index (χ0) is 12.8. The molecule has 2 N–H and O–H groups in total. The molecule has 0 bridgehead atoms. The Morgan fingerprint density at radius 2 is 1.41 bits per heavy atom. The van der Waals surface area contributed by atoms with Gasteiger partial charge in [0.15, 0.2) is 0 Å². The van der Waals surface area contributed by atoms with E-state index in [1.807, 2.05) is 0 Å². The van der Waals surface area contributed by atoms with Gasteiger partial charge < -0.3 is 5.73 Å². The van der Waals surface area contributed by atoms with E-state index in [9.17, 15) is 0 Å². The van der Waals surface area contributed by atoms with Gasteiger partial charge in [-0.1, -0.05) is 58.8 Å². The molecule has 0 aliphatic rings. The maximum Gasteiger partial charge on any atom is -0.00419 e. The van der Waals surface area contributed by atoms with Crippen molar-refractivity contribution in [3.63, 3.8) is 0 Å². The Balaban J connectivity index is 3.02. The average molecular weight is 260 g/mol. The number of rotatable bonds is 13. The van der Waals surface area contributed by atoms with Gasteiger partial charge in [-0.3, -0.25) is 0 Å². The van der Waals surface area contributed by atoms with E-state index in [1.54, 1.807) is 0 Å². The molecule has 104 valence electrons. The highest BCUT2D eigenvalue weighted by molar-refractivity contribution is 7.99. The average Bonchev–Trinajstić information content (AvgIpc) is 2.34. The van der Waals surface area contributed by atoms with Gasteiger partial charge in [-0.25, -0.2) is 0 Å². The Kier molecular flexibility index (Phi) is 14.6. The second-order valence-corrected chi connectivity index (χ2v) is 6.49. The summed E-state index contributed by atoms with van der Waals surface area (Å²) < 4.78 is 0. The van der Waals surface area contributed by atoms with E-state index in [2.05, 4.69) is 25.6 Å². The lowest BCUT2D eigenvalue weighted by atomic mass is 10.0. The molecule has 2 heteroatoms. The standard InChI is InChI=1S/C15H33NS/c1-3-17-14-15(2)12-10-8-6-4-5-7-9-11-13-16/h15H,3-14,16H2,1-2H3/t15-/m0/s1. The van der Waals surface area contributed by atoms with Crippen LogP contribution in [0.1, 0.15) is 71.6 Å². The number of nitrogens with two attached hydrogens (primary N) is 1. The van der Waals surface area contributed by atoms with Gasteiger partial charge >= 0.3 is 0 Å². The quantitative estimate of drug-likeness (QED) is 0.479. The van der Waals surface area contributed by atoms with Crippen LogP contribution in [0.25, 0.3) is 0 Å². The molecule has 0 saturated carbocycles. The lowest BCUT2D eigenvalue weighted by Crippen LogP contribution is -1.98. The van der Waals surface area contributed by atoms with Gasteiger partial charge in [0.2, 0.25) is 0 Å². The molecule has 0 aromatic carbocycles. The summed E-state index contributed by atoms with van der Waals surface area (Å²) in [5, 5.41) is 0. The molecule has 0 saturated heterocycles. The van der Waals surface area contributed by atoms with E-state index < -0.39 is 0 Å². The van der Waals surface area contributed by atoms with Crippen LogP contribution in [0.4, 0.5) is 0 Å². The zero-order valence-electron chi connectivity index (χ0n) is 12.0. The fourth-order valence-electron chi connectivity index (χ4n) is 2.10. The lowest BCUT2D eigenvalue weighted by Gasteiger charge is -2.09. The van der Waals surface area contributed by atoms with Crippen molar-refractivity contribution in [2.24, 2.45) is 11.7 Å². The highest BCUT2D eigenvalue weighted by Gasteiger charge is 2.01. The van der Waals surface area contributed by atoms with E-state index in [0.717, 1.165) is 12.5 Å². The molecule has 1 nitrogen and oxygen atoms in total. The number of hydrogen-bond acceptors (Lipinski definition) is 2. The largest absolute Gasteiger partial charge is 0.330 e. The third-order valence-electron chi connectivity index (χ3n) is 3.26. The van der Waals surface area contributed by atoms with Crippen LogP contribution in [0.15, 0.2) is 0 Å². The third-order valence-corrected chi connectivity index (χ3v) is 4.47. The van der Waals surface area contributed by atoms with Crippen molar-refractivity contribution in [3.8, 4) is 0 Å². The van der Waals surface area contributed by atoms with E-state index in [0.29, 0.717) is 0 Å². The van der Waals surface area contributed by atoms with E-state index in [4.69, 9.17) is 5.73 Å². The molecule has 0 rings (SSSR count). The molecule has 0 heterocycles. The van der Waals surface area contributed by atoms with Crippen molar-refractivity contribution in [2.45, 2.75) is 71.6 Å². The van der Waals surface area contributed by atoms with Crippen molar-refractivity contribution in [1.29, 1.82) is 0 Å². The van der Waals surface area contributed by atoms with Gasteiger partial charge in [0, 0.05) is 0 Å². The number of thioether (sulfide) groups is 1. The first kappa shape index (κ1) is 17.3. The summed E-state index contributed by atoms with van der Waals surface area (Å²) in [5.41, 5.74) is 5.47. The summed E-state index contributed by atoms with van der Waals surface area (Å²) in [6, 6.07) is 0. The normalized spacial score (nSPS) is 12.9. The Hall–Kier alpha value is 0.310. The van der Waals surface area contributed by atoms with Gasteiger partial charge in [-0.15, -0.1) is 0 Å². The van der Waals surface area contributed by atoms with Crippen LogP contribution < -0.4 is 5.73 Å². The van der Waals surface area contributed by atoms with Gasteiger partial charge in [0.05, 0.1) is 0 Å². The first-order valence-corrected chi connectivity index (χ1v) is 8.74.